The Morgan fingerprint density at radius 2 is 1.82 bits per heavy atom. The third-order valence-electron chi connectivity index (χ3n) is 5.22. The number of benzene rings is 3. The number of carbonyl (C=O) groups is 2. The van der Waals surface area contributed by atoms with E-state index in [-0.39, 0.29) is 11.9 Å². The number of aromatic nitrogens is 3. The summed E-state index contributed by atoms with van der Waals surface area (Å²) >= 11 is 12.4. The summed E-state index contributed by atoms with van der Waals surface area (Å²) in [4.78, 5) is 24.9. The molecule has 4 rings (SSSR count). The summed E-state index contributed by atoms with van der Waals surface area (Å²) in [6, 6.07) is 17.2. The lowest BCUT2D eigenvalue weighted by atomic mass is 10.1. The van der Waals surface area contributed by atoms with Crippen molar-refractivity contribution >= 4 is 46.1 Å². The van der Waals surface area contributed by atoms with E-state index in [9.17, 15) is 9.59 Å². The number of hydrogen-bond donors (Lipinski definition) is 1. The summed E-state index contributed by atoms with van der Waals surface area (Å²) < 4.78 is 6.38. The Labute approximate surface area is 200 Å². The van der Waals surface area contributed by atoms with E-state index in [4.69, 9.17) is 27.9 Å². The number of rotatable bonds is 6. The third-order valence-corrected chi connectivity index (χ3v) is 5.67. The maximum absolute atomic E-state index is 13.2. The van der Waals surface area contributed by atoms with Crippen molar-refractivity contribution in [2.45, 2.75) is 19.5 Å². The molecule has 1 N–H and O–H groups in total. The largest absolute Gasteiger partial charge is 0.465 e. The number of methoxy groups -OCH3 is 1. The summed E-state index contributed by atoms with van der Waals surface area (Å²) in [5, 5.41) is 12.4. The summed E-state index contributed by atoms with van der Waals surface area (Å²) in [6.07, 6.45) is 0. The topological polar surface area (TPSA) is 86.1 Å². The number of ether oxygens (including phenoxy) is 1. The first-order chi connectivity index (χ1) is 15.9. The van der Waals surface area contributed by atoms with Gasteiger partial charge in [0.05, 0.1) is 30.8 Å². The average Bonchev–Trinajstić information content (AvgIpc) is 3.20. The van der Waals surface area contributed by atoms with Crippen LogP contribution < -0.4 is 5.32 Å². The van der Waals surface area contributed by atoms with E-state index < -0.39 is 5.97 Å². The maximum atomic E-state index is 13.2. The fourth-order valence-corrected chi connectivity index (χ4v) is 3.98. The van der Waals surface area contributed by atoms with Gasteiger partial charge in [-0.25, -0.2) is 9.48 Å². The zero-order chi connectivity index (χ0) is 23.5. The molecule has 33 heavy (non-hydrogen) atoms. The summed E-state index contributed by atoms with van der Waals surface area (Å²) in [5.74, 6) is -0.735. The van der Waals surface area contributed by atoms with Crippen molar-refractivity contribution in [3.05, 3.63) is 93.0 Å². The highest BCUT2D eigenvalue weighted by molar-refractivity contribution is 6.32. The second-order valence-corrected chi connectivity index (χ2v) is 8.38. The molecular weight excluding hydrogens is 463 g/mol. The van der Waals surface area contributed by atoms with Crippen molar-refractivity contribution in [2.75, 3.05) is 7.11 Å². The molecule has 1 aromatic heterocycles. The van der Waals surface area contributed by atoms with E-state index in [1.54, 1.807) is 47.1 Å². The molecule has 168 valence electrons. The van der Waals surface area contributed by atoms with Crippen molar-refractivity contribution in [3.63, 3.8) is 0 Å². The normalized spacial score (nSPS) is 11.9. The van der Waals surface area contributed by atoms with Gasteiger partial charge in [0.2, 0.25) is 0 Å². The lowest BCUT2D eigenvalue weighted by molar-refractivity contribution is 0.0600. The van der Waals surface area contributed by atoms with Gasteiger partial charge in [-0.1, -0.05) is 52.7 Å². The zero-order valence-corrected chi connectivity index (χ0v) is 19.4. The van der Waals surface area contributed by atoms with Gasteiger partial charge in [0, 0.05) is 10.0 Å². The Bertz CT molecular complexity index is 1340. The van der Waals surface area contributed by atoms with Crippen LogP contribution in [0.3, 0.4) is 0 Å². The Kier molecular flexibility index (Phi) is 6.62. The highest BCUT2D eigenvalue weighted by Crippen LogP contribution is 2.25. The first-order valence-corrected chi connectivity index (χ1v) is 10.9. The van der Waals surface area contributed by atoms with E-state index in [2.05, 4.69) is 15.6 Å². The number of fused-ring (bicyclic) bond motifs is 1. The van der Waals surface area contributed by atoms with Crippen LogP contribution in [-0.2, 0) is 11.3 Å². The predicted octanol–water partition coefficient (Wildman–Crippen LogP) is 5.06. The number of nitrogens with zero attached hydrogens (tertiary/aromatic N) is 3. The molecule has 0 bridgehead atoms. The summed E-state index contributed by atoms with van der Waals surface area (Å²) in [7, 11) is 1.33. The molecule has 0 radical (unpaired) electrons. The molecule has 1 heterocycles. The minimum Gasteiger partial charge on any atom is -0.465 e. The van der Waals surface area contributed by atoms with E-state index in [1.165, 1.54) is 7.11 Å². The number of carbonyl (C=O) groups excluding carboxylic acids is 2. The Morgan fingerprint density at radius 3 is 2.52 bits per heavy atom. The van der Waals surface area contributed by atoms with Crippen molar-refractivity contribution < 1.29 is 14.3 Å². The molecule has 7 nitrogen and oxygen atoms in total. The van der Waals surface area contributed by atoms with Crippen LogP contribution in [0.25, 0.3) is 11.0 Å². The monoisotopic (exact) mass is 482 g/mol. The second-order valence-electron chi connectivity index (χ2n) is 7.51. The molecule has 9 heteroatoms. The molecule has 0 saturated heterocycles. The van der Waals surface area contributed by atoms with Crippen LogP contribution in [0.4, 0.5) is 0 Å². The van der Waals surface area contributed by atoms with Crippen molar-refractivity contribution in [1.82, 2.24) is 20.3 Å². The van der Waals surface area contributed by atoms with Crippen LogP contribution in [-0.4, -0.2) is 34.0 Å². The quantitative estimate of drug-likeness (QED) is 0.388. The van der Waals surface area contributed by atoms with Gasteiger partial charge in [0.1, 0.15) is 11.0 Å². The number of hydrogen-bond acceptors (Lipinski definition) is 5. The minimum atomic E-state index is -0.417. The SMILES string of the molecule is COC(=O)c1ccc(C(C)NC(=O)c2cc(Cl)cc3nnn(Cc4cccc(Cl)c4)c23)cc1. The molecule has 1 amide bonds. The average molecular weight is 483 g/mol. The highest BCUT2D eigenvalue weighted by atomic mass is 35.5. The second kappa shape index (κ2) is 9.60. The minimum absolute atomic E-state index is 0.318. The van der Waals surface area contributed by atoms with Crippen LogP contribution in [0.2, 0.25) is 10.0 Å². The number of amides is 1. The summed E-state index contributed by atoms with van der Waals surface area (Å²) in [5.41, 5.74) is 3.65. The van der Waals surface area contributed by atoms with Gasteiger partial charge >= 0.3 is 5.97 Å². The molecule has 3 aromatic carbocycles. The lowest BCUT2D eigenvalue weighted by Crippen LogP contribution is -2.27. The van der Waals surface area contributed by atoms with E-state index in [0.29, 0.717) is 38.8 Å². The maximum Gasteiger partial charge on any atom is 0.337 e. The first kappa shape index (κ1) is 22.8. The fraction of sp³-hybridized carbons (Fsp3) is 0.167. The molecule has 0 fully saturated rings. The van der Waals surface area contributed by atoms with Gasteiger partial charge in [-0.3, -0.25) is 4.79 Å². The predicted molar refractivity (Wildman–Crippen MR) is 127 cm³/mol. The standard InChI is InChI=1S/C24H20Cl2N4O3/c1-14(16-6-8-17(9-7-16)24(32)33-2)27-23(31)20-11-19(26)12-21-22(20)30(29-28-21)13-15-4-3-5-18(25)10-15/h3-12,14H,13H2,1-2H3,(H,27,31). The molecule has 4 aromatic rings. The summed E-state index contributed by atoms with van der Waals surface area (Å²) in [6.45, 7) is 2.25. The number of nitrogens with one attached hydrogen (secondary N) is 1. The molecule has 1 atom stereocenters. The molecular formula is C24H20Cl2N4O3. The van der Waals surface area contributed by atoms with Crippen LogP contribution in [0, 0.1) is 0 Å². The first-order valence-electron chi connectivity index (χ1n) is 10.1. The van der Waals surface area contributed by atoms with Gasteiger partial charge in [0.15, 0.2) is 0 Å². The third kappa shape index (κ3) is 4.99. The van der Waals surface area contributed by atoms with Crippen LogP contribution in [0.5, 0.6) is 0 Å². The van der Waals surface area contributed by atoms with Gasteiger partial charge < -0.3 is 10.1 Å². The van der Waals surface area contributed by atoms with Crippen molar-refractivity contribution in [3.8, 4) is 0 Å². The number of esters is 1. The smallest absolute Gasteiger partial charge is 0.337 e. The molecule has 0 saturated carbocycles. The molecule has 0 aliphatic heterocycles. The van der Waals surface area contributed by atoms with Crippen molar-refractivity contribution in [2.24, 2.45) is 0 Å². The van der Waals surface area contributed by atoms with Gasteiger partial charge in [-0.15, -0.1) is 5.10 Å². The van der Waals surface area contributed by atoms with Crippen molar-refractivity contribution in [1.29, 1.82) is 0 Å². The zero-order valence-electron chi connectivity index (χ0n) is 17.9. The Hall–Kier alpha value is -3.42. The Morgan fingerprint density at radius 1 is 1.06 bits per heavy atom. The molecule has 0 aliphatic carbocycles. The van der Waals surface area contributed by atoms with Crippen LogP contribution >= 0.6 is 23.2 Å². The van der Waals surface area contributed by atoms with Gasteiger partial charge in [0.25, 0.3) is 5.91 Å². The van der Waals surface area contributed by atoms with E-state index in [1.807, 2.05) is 25.1 Å². The van der Waals surface area contributed by atoms with Gasteiger partial charge in [-0.2, -0.15) is 0 Å². The van der Waals surface area contributed by atoms with E-state index >= 15 is 0 Å². The van der Waals surface area contributed by atoms with Crippen LogP contribution in [0.15, 0.2) is 60.7 Å². The lowest BCUT2D eigenvalue weighted by Gasteiger charge is -2.16. The fourth-order valence-electron chi connectivity index (χ4n) is 3.55. The molecule has 0 aliphatic rings. The molecule has 1 unspecified atom stereocenters. The van der Waals surface area contributed by atoms with E-state index in [0.717, 1.165) is 11.1 Å². The van der Waals surface area contributed by atoms with Crippen LogP contribution in [0.1, 0.15) is 44.8 Å². The highest BCUT2D eigenvalue weighted by Gasteiger charge is 2.20. The molecule has 0 spiro atoms. The Balaban J connectivity index is 1.62. The van der Waals surface area contributed by atoms with Gasteiger partial charge in [-0.05, 0) is 54.4 Å². The number of halogens is 2.